The number of aromatic nitrogens is 3. The van der Waals surface area contributed by atoms with E-state index in [2.05, 4.69) is 4.98 Å². The molecule has 12 heteroatoms. The van der Waals surface area contributed by atoms with E-state index >= 15 is 0 Å². The van der Waals surface area contributed by atoms with Gasteiger partial charge in [0.2, 0.25) is 5.88 Å². The Labute approximate surface area is 203 Å². The van der Waals surface area contributed by atoms with Crippen LogP contribution >= 0.6 is 0 Å². The van der Waals surface area contributed by atoms with Crippen LogP contribution in [-0.2, 0) is 16.4 Å². The van der Waals surface area contributed by atoms with Gasteiger partial charge in [0, 0.05) is 11.8 Å². The fraction of sp³-hybridized carbons (Fsp3) is 0.167. The van der Waals surface area contributed by atoms with Crippen molar-refractivity contribution in [1.29, 1.82) is 0 Å². The molecule has 2 aromatic heterocycles. The van der Waals surface area contributed by atoms with Crippen molar-refractivity contribution in [2.75, 3.05) is 7.11 Å². The van der Waals surface area contributed by atoms with Crippen LogP contribution in [0, 0.1) is 6.92 Å². The highest BCUT2D eigenvalue weighted by Gasteiger charge is 2.46. The molecule has 0 aliphatic heterocycles. The summed E-state index contributed by atoms with van der Waals surface area (Å²) in [5.41, 5.74) is -3.68. The summed E-state index contributed by atoms with van der Waals surface area (Å²) in [5.74, 6) is 0.272. The molecule has 0 aliphatic carbocycles. The lowest BCUT2D eigenvalue weighted by Crippen LogP contribution is -2.25. The number of hydrogen-bond donors (Lipinski definition) is 1. The van der Waals surface area contributed by atoms with Gasteiger partial charge >= 0.3 is 11.2 Å². The Balaban J connectivity index is 1.67. The lowest BCUT2D eigenvalue weighted by molar-refractivity contribution is -0.0436. The second-order valence-electron chi connectivity index (χ2n) is 7.83. The predicted molar refractivity (Wildman–Crippen MR) is 125 cm³/mol. The van der Waals surface area contributed by atoms with Crippen LogP contribution in [0.25, 0.3) is 16.9 Å². The Kier molecular flexibility index (Phi) is 6.39. The Morgan fingerprint density at radius 1 is 1.03 bits per heavy atom. The van der Waals surface area contributed by atoms with Crippen LogP contribution in [0.1, 0.15) is 11.3 Å². The normalized spacial score (nSPS) is 12.0. The zero-order valence-corrected chi connectivity index (χ0v) is 19.8. The summed E-state index contributed by atoms with van der Waals surface area (Å²) in [6, 6.07) is 14.3. The SMILES string of the molecule is COc1ccc(-c2cc(Cn3c(C)c(O)n(-c4ccc(S(=O)(=O)C(F)(F)F)cc4)c3=O)ccn2)cc1. The summed E-state index contributed by atoms with van der Waals surface area (Å²) in [6.07, 6.45) is 1.59. The van der Waals surface area contributed by atoms with Gasteiger partial charge in [-0.15, -0.1) is 0 Å². The molecule has 4 rings (SSSR count). The molecule has 0 fully saturated rings. The van der Waals surface area contributed by atoms with Crippen molar-refractivity contribution in [3.63, 3.8) is 0 Å². The molecule has 1 N–H and O–H groups in total. The third-order valence-corrected chi connectivity index (χ3v) is 7.13. The van der Waals surface area contributed by atoms with Crippen molar-refractivity contribution >= 4 is 9.84 Å². The maximum absolute atomic E-state index is 13.1. The molecule has 188 valence electrons. The Morgan fingerprint density at radius 3 is 2.25 bits per heavy atom. The van der Waals surface area contributed by atoms with E-state index in [4.69, 9.17) is 4.74 Å². The molecule has 0 unspecified atom stereocenters. The maximum atomic E-state index is 13.1. The average Bonchev–Trinajstić information content (AvgIpc) is 3.06. The number of hydrogen-bond acceptors (Lipinski definition) is 6. The van der Waals surface area contributed by atoms with Gasteiger partial charge in [-0.2, -0.15) is 13.2 Å². The van der Waals surface area contributed by atoms with E-state index in [1.807, 2.05) is 12.1 Å². The molecule has 0 spiro atoms. The van der Waals surface area contributed by atoms with Crippen molar-refractivity contribution in [3.8, 4) is 28.6 Å². The summed E-state index contributed by atoms with van der Waals surface area (Å²) in [6.45, 7) is 1.60. The second kappa shape index (κ2) is 9.19. The molecule has 0 amide bonds. The summed E-state index contributed by atoms with van der Waals surface area (Å²) in [5, 5.41) is 10.6. The molecule has 2 aromatic carbocycles. The van der Waals surface area contributed by atoms with Gasteiger partial charge in [-0.25, -0.2) is 17.8 Å². The Bertz CT molecular complexity index is 1570. The predicted octanol–water partition coefficient (Wildman–Crippen LogP) is 4.07. The van der Waals surface area contributed by atoms with E-state index in [-0.39, 0.29) is 17.9 Å². The van der Waals surface area contributed by atoms with E-state index in [1.165, 1.54) is 11.5 Å². The third-order valence-electron chi connectivity index (χ3n) is 5.62. The van der Waals surface area contributed by atoms with Crippen LogP contribution < -0.4 is 10.4 Å². The van der Waals surface area contributed by atoms with E-state index in [9.17, 15) is 31.5 Å². The highest BCUT2D eigenvalue weighted by Crippen LogP contribution is 2.31. The van der Waals surface area contributed by atoms with Gasteiger partial charge in [-0.1, -0.05) is 0 Å². The molecular weight excluding hydrogens is 499 g/mol. The van der Waals surface area contributed by atoms with Crippen LogP contribution in [0.15, 0.2) is 76.6 Å². The van der Waals surface area contributed by atoms with Crippen molar-refractivity contribution in [2.24, 2.45) is 0 Å². The van der Waals surface area contributed by atoms with E-state index in [0.29, 0.717) is 17.0 Å². The number of rotatable bonds is 6. The topological polar surface area (TPSA) is 103 Å². The van der Waals surface area contributed by atoms with E-state index in [0.717, 1.165) is 34.4 Å². The van der Waals surface area contributed by atoms with Crippen LogP contribution in [0.3, 0.4) is 0 Å². The molecule has 36 heavy (non-hydrogen) atoms. The number of halogens is 3. The largest absolute Gasteiger partial charge is 0.501 e. The molecular formula is C24H20F3N3O5S. The molecule has 0 saturated carbocycles. The van der Waals surface area contributed by atoms with Gasteiger partial charge in [-0.05, 0) is 73.2 Å². The first-order valence-electron chi connectivity index (χ1n) is 10.5. The fourth-order valence-corrected chi connectivity index (χ4v) is 4.40. The smallest absolute Gasteiger partial charge is 0.497 e. The number of imidazole rings is 1. The number of alkyl halides is 3. The summed E-state index contributed by atoms with van der Waals surface area (Å²) < 4.78 is 69.0. The highest BCUT2D eigenvalue weighted by atomic mass is 32.2. The number of nitrogens with zero attached hydrogens (tertiary/aromatic N) is 3. The summed E-state index contributed by atoms with van der Waals surface area (Å²) >= 11 is 0. The monoisotopic (exact) mass is 519 g/mol. The first-order valence-corrected chi connectivity index (χ1v) is 11.9. The van der Waals surface area contributed by atoms with Gasteiger partial charge in [0.25, 0.3) is 9.84 Å². The first-order chi connectivity index (χ1) is 16.9. The third kappa shape index (κ3) is 4.47. The van der Waals surface area contributed by atoms with Crippen molar-refractivity contribution in [2.45, 2.75) is 23.9 Å². The Hall–Kier alpha value is -4.06. The lowest BCUT2D eigenvalue weighted by Gasteiger charge is -2.09. The molecule has 0 radical (unpaired) electrons. The standard InChI is InChI=1S/C24H20F3N3O5S/c1-15-22(31)30(18-5-9-20(10-6-18)36(33,34)24(25,26)27)23(32)29(15)14-16-11-12-28-21(13-16)17-3-7-19(35-2)8-4-17/h3-13,31H,14H2,1-2H3. The minimum Gasteiger partial charge on any atom is -0.497 e. The van der Waals surface area contributed by atoms with Crippen molar-refractivity contribution in [3.05, 3.63) is 88.6 Å². The number of methoxy groups -OCH3 is 1. The van der Waals surface area contributed by atoms with E-state index in [1.54, 1.807) is 37.6 Å². The molecule has 0 aliphatic rings. The van der Waals surface area contributed by atoms with Gasteiger partial charge < -0.3 is 9.84 Å². The molecule has 0 bridgehead atoms. The number of benzene rings is 2. The van der Waals surface area contributed by atoms with E-state index < -0.39 is 31.8 Å². The van der Waals surface area contributed by atoms with Gasteiger partial charge in [0.15, 0.2) is 0 Å². The maximum Gasteiger partial charge on any atom is 0.501 e. The number of aromatic hydroxyl groups is 1. The van der Waals surface area contributed by atoms with Gasteiger partial charge in [0.1, 0.15) is 5.75 Å². The lowest BCUT2D eigenvalue weighted by atomic mass is 10.1. The molecule has 8 nitrogen and oxygen atoms in total. The highest BCUT2D eigenvalue weighted by molar-refractivity contribution is 7.92. The van der Waals surface area contributed by atoms with Crippen LogP contribution in [0.4, 0.5) is 13.2 Å². The molecule has 4 aromatic rings. The molecule has 0 atom stereocenters. The van der Waals surface area contributed by atoms with Crippen LogP contribution in [0.5, 0.6) is 11.6 Å². The Morgan fingerprint density at radius 2 is 1.67 bits per heavy atom. The quantitative estimate of drug-likeness (QED) is 0.412. The first kappa shape index (κ1) is 25.0. The minimum absolute atomic E-state index is 0.00845. The number of ether oxygens (including phenoxy) is 1. The van der Waals surface area contributed by atoms with Crippen LogP contribution in [0.2, 0.25) is 0 Å². The molecule has 2 heterocycles. The van der Waals surface area contributed by atoms with Gasteiger partial charge in [0.05, 0.1) is 35.6 Å². The van der Waals surface area contributed by atoms with Crippen molar-refractivity contribution in [1.82, 2.24) is 14.1 Å². The van der Waals surface area contributed by atoms with Crippen molar-refractivity contribution < 1.29 is 31.4 Å². The second-order valence-corrected chi connectivity index (χ2v) is 9.78. The zero-order chi connectivity index (χ0) is 26.3. The zero-order valence-electron chi connectivity index (χ0n) is 19.0. The molecule has 0 saturated heterocycles. The van der Waals surface area contributed by atoms with Gasteiger partial charge in [-0.3, -0.25) is 9.55 Å². The minimum atomic E-state index is -5.54. The number of sulfone groups is 1. The number of pyridine rings is 1. The average molecular weight is 520 g/mol. The van der Waals surface area contributed by atoms with Crippen LogP contribution in [-0.4, -0.2) is 40.3 Å². The summed E-state index contributed by atoms with van der Waals surface area (Å²) in [4.78, 5) is 16.5. The fourth-order valence-electron chi connectivity index (χ4n) is 3.64. The summed E-state index contributed by atoms with van der Waals surface area (Å²) in [7, 11) is -3.97.